The van der Waals surface area contributed by atoms with E-state index < -0.39 is 11.9 Å². The molecular formula is C16H24N2O3. The number of amides is 2. The fourth-order valence-corrected chi connectivity index (χ4v) is 1.89. The fraction of sp³-hybridized carbons (Fsp3) is 0.500. The van der Waals surface area contributed by atoms with Crippen LogP contribution in [0.25, 0.3) is 0 Å². The van der Waals surface area contributed by atoms with E-state index in [9.17, 15) is 9.59 Å². The van der Waals surface area contributed by atoms with E-state index in [1.54, 1.807) is 11.8 Å². The van der Waals surface area contributed by atoms with Crippen molar-refractivity contribution in [3.63, 3.8) is 0 Å². The summed E-state index contributed by atoms with van der Waals surface area (Å²) >= 11 is 0. The summed E-state index contributed by atoms with van der Waals surface area (Å²) in [5.74, 6) is -1.29. The summed E-state index contributed by atoms with van der Waals surface area (Å²) in [5, 5.41) is 11.6. The van der Waals surface area contributed by atoms with E-state index in [1.807, 2.05) is 44.2 Å². The zero-order chi connectivity index (χ0) is 15.8. The van der Waals surface area contributed by atoms with E-state index in [2.05, 4.69) is 5.32 Å². The van der Waals surface area contributed by atoms with Crippen molar-refractivity contribution >= 4 is 12.0 Å². The molecule has 0 saturated heterocycles. The Labute approximate surface area is 126 Å². The van der Waals surface area contributed by atoms with Crippen molar-refractivity contribution in [2.24, 2.45) is 5.92 Å². The number of carboxylic acid groups (broad SMARTS) is 1. The van der Waals surface area contributed by atoms with Gasteiger partial charge in [-0.1, -0.05) is 37.3 Å². The van der Waals surface area contributed by atoms with Gasteiger partial charge in [0.2, 0.25) is 0 Å². The van der Waals surface area contributed by atoms with Crippen molar-refractivity contribution in [3.05, 3.63) is 35.9 Å². The van der Waals surface area contributed by atoms with Crippen LogP contribution in [0.4, 0.5) is 4.79 Å². The first kappa shape index (κ1) is 17.0. The molecule has 0 bridgehead atoms. The minimum atomic E-state index is -0.839. The van der Waals surface area contributed by atoms with Crippen LogP contribution in [-0.2, 0) is 11.3 Å². The second-order valence-electron chi connectivity index (χ2n) is 5.47. The fourth-order valence-electron chi connectivity index (χ4n) is 1.89. The van der Waals surface area contributed by atoms with Crippen molar-refractivity contribution in [1.29, 1.82) is 0 Å². The SMILES string of the molecule is CC(CCNC(=O)N(Cc1ccccc1)C(C)C)C(=O)O. The number of hydrogen-bond acceptors (Lipinski definition) is 2. The predicted octanol–water partition coefficient (Wildman–Crippen LogP) is 2.72. The number of carboxylic acids is 1. The van der Waals surface area contributed by atoms with Crippen LogP contribution in [0.5, 0.6) is 0 Å². The number of carbonyl (C=O) groups excluding carboxylic acids is 1. The molecule has 1 aromatic carbocycles. The molecule has 0 spiro atoms. The highest BCUT2D eigenvalue weighted by molar-refractivity contribution is 5.74. The highest BCUT2D eigenvalue weighted by Gasteiger charge is 2.17. The quantitative estimate of drug-likeness (QED) is 0.812. The van der Waals surface area contributed by atoms with Gasteiger partial charge in [-0.2, -0.15) is 0 Å². The second-order valence-corrected chi connectivity index (χ2v) is 5.47. The third-order valence-electron chi connectivity index (χ3n) is 3.36. The molecule has 2 N–H and O–H groups in total. The van der Waals surface area contributed by atoms with Crippen LogP contribution in [0, 0.1) is 5.92 Å². The maximum atomic E-state index is 12.2. The third kappa shape index (κ3) is 5.85. The molecule has 0 aliphatic rings. The zero-order valence-corrected chi connectivity index (χ0v) is 12.9. The van der Waals surface area contributed by atoms with Crippen LogP contribution in [0.1, 0.15) is 32.8 Å². The number of aliphatic carboxylic acids is 1. The molecule has 0 aliphatic carbocycles. The van der Waals surface area contributed by atoms with Crippen molar-refractivity contribution < 1.29 is 14.7 Å². The first-order valence-corrected chi connectivity index (χ1v) is 7.23. The monoisotopic (exact) mass is 292 g/mol. The Kier molecular flexibility index (Phi) is 6.72. The Morgan fingerprint density at radius 1 is 1.19 bits per heavy atom. The number of carbonyl (C=O) groups is 2. The normalized spacial score (nSPS) is 12.0. The first-order valence-electron chi connectivity index (χ1n) is 7.23. The Bertz CT molecular complexity index is 460. The van der Waals surface area contributed by atoms with Crippen LogP contribution < -0.4 is 5.32 Å². The molecule has 2 amide bonds. The highest BCUT2D eigenvalue weighted by atomic mass is 16.4. The minimum absolute atomic E-state index is 0.0714. The average Bonchev–Trinajstić information content (AvgIpc) is 2.45. The van der Waals surface area contributed by atoms with Crippen molar-refractivity contribution in [3.8, 4) is 0 Å². The zero-order valence-electron chi connectivity index (χ0n) is 12.9. The maximum absolute atomic E-state index is 12.2. The van der Waals surface area contributed by atoms with E-state index in [4.69, 9.17) is 5.11 Å². The van der Waals surface area contributed by atoms with E-state index in [0.29, 0.717) is 19.5 Å². The van der Waals surface area contributed by atoms with Gasteiger partial charge in [-0.15, -0.1) is 0 Å². The van der Waals surface area contributed by atoms with E-state index >= 15 is 0 Å². The second kappa shape index (κ2) is 8.29. The lowest BCUT2D eigenvalue weighted by Gasteiger charge is -2.27. The molecule has 0 saturated carbocycles. The summed E-state index contributed by atoms with van der Waals surface area (Å²) in [6, 6.07) is 9.70. The lowest BCUT2D eigenvalue weighted by molar-refractivity contribution is -0.141. The van der Waals surface area contributed by atoms with Gasteiger partial charge in [-0.05, 0) is 25.8 Å². The molecule has 0 radical (unpaired) electrons. The number of rotatable bonds is 7. The molecule has 0 aliphatic heterocycles. The topological polar surface area (TPSA) is 69.6 Å². The number of nitrogens with zero attached hydrogens (tertiary/aromatic N) is 1. The van der Waals surface area contributed by atoms with Crippen LogP contribution in [0.15, 0.2) is 30.3 Å². The molecule has 1 aromatic rings. The van der Waals surface area contributed by atoms with E-state index in [-0.39, 0.29) is 12.1 Å². The van der Waals surface area contributed by atoms with Crippen LogP contribution in [-0.4, -0.2) is 34.6 Å². The van der Waals surface area contributed by atoms with Crippen molar-refractivity contribution in [1.82, 2.24) is 10.2 Å². The molecule has 0 aromatic heterocycles. The largest absolute Gasteiger partial charge is 0.481 e. The van der Waals surface area contributed by atoms with Gasteiger partial charge in [0.15, 0.2) is 0 Å². The smallest absolute Gasteiger partial charge is 0.317 e. The van der Waals surface area contributed by atoms with Gasteiger partial charge in [0, 0.05) is 19.1 Å². The summed E-state index contributed by atoms with van der Waals surface area (Å²) in [5.41, 5.74) is 1.07. The van der Waals surface area contributed by atoms with Gasteiger partial charge in [0.05, 0.1) is 5.92 Å². The lowest BCUT2D eigenvalue weighted by Crippen LogP contribution is -2.44. The number of benzene rings is 1. The summed E-state index contributed by atoms with van der Waals surface area (Å²) in [6.07, 6.45) is 0.429. The Morgan fingerprint density at radius 2 is 1.81 bits per heavy atom. The number of nitrogens with one attached hydrogen (secondary N) is 1. The van der Waals surface area contributed by atoms with Gasteiger partial charge in [-0.3, -0.25) is 4.79 Å². The van der Waals surface area contributed by atoms with Crippen molar-refractivity contribution in [2.75, 3.05) is 6.54 Å². The Balaban J connectivity index is 2.52. The van der Waals surface area contributed by atoms with Gasteiger partial charge < -0.3 is 15.3 Å². The molecule has 5 nitrogen and oxygen atoms in total. The third-order valence-corrected chi connectivity index (χ3v) is 3.36. The van der Waals surface area contributed by atoms with Crippen LogP contribution >= 0.6 is 0 Å². The van der Waals surface area contributed by atoms with Gasteiger partial charge in [0.1, 0.15) is 0 Å². The van der Waals surface area contributed by atoms with Crippen LogP contribution in [0.2, 0.25) is 0 Å². The summed E-state index contributed by atoms with van der Waals surface area (Å²) in [6.45, 7) is 6.46. The minimum Gasteiger partial charge on any atom is -0.481 e. The van der Waals surface area contributed by atoms with E-state index in [1.165, 1.54) is 0 Å². The van der Waals surface area contributed by atoms with Gasteiger partial charge >= 0.3 is 12.0 Å². The van der Waals surface area contributed by atoms with Crippen molar-refractivity contribution in [2.45, 2.75) is 39.8 Å². The van der Waals surface area contributed by atoms with Gasteiger partial charge in [0.25, 0.3) is 0 Å². The first-order chi connectivity index (χ1) is 9.91. The lowest BCUT2D eigenvalue weighted by atomic mass is 10.1. The Hall–Kier alpha value is -2.04. The molecule has 1 rings (SSSR count). The molecule has 1 atom stereocenters. The molecule has 1 unspecified atom stereocenters. The molecule has 0 heterocycles. The maximum Gasteiger partial charge on any atom is 0.317 e. The molecule has 0 fully saturated rings. The van der Waals surface area contributed by atoms with Gasteiger partial charge in [-0.25, -0.2) is 4.79 Å². The summed E-state index contributed by atoms with van der Waals surface area (Å²) in [7, 11) is 0. The molecule has 116 valence electrons. The standard InChI is InChI=1S/C16H24N2O3/c1-12(2)18(11-14-7-5-4-6-8-14)16(21)17-10-9-13(3)15(19)20/h4-8,12-13H,9-11H2,1-3H3,(H,17,21)(H,19,20). The summed E-state index contributed by atoms with van der Waals surface area (Å²) in [4.78, 5) is 24.7. The molecule has 5 heteroatoms. The molecular weight excluding hydrogens is 268 g/mol. The van der Waals surface area contributed by atoms with Crippen LogP contribution in [0.3, 0.4) is 0 Å². The number of urea groups is 1. The molecule has 21 heavy (non-hydrogen) atoms. The Morgan fingerprint density at radius 3 is 2.33 bits per heavy atom. The number of hydrogen-bond donors (Lipinski definition) is 2. The highest BCUT2D eigenvalue weighted by Crippen LogP contribution is 2.08. The summed E-state index contributed by atoms with van der Waals surface area (Å²) < 4.78 is 0. The predicted molar refractivity (Wildman–Crippen MR) is 81.9 cm³/mol. The van der Waals surface area contributed by atoms with E-state index in [0.717, 1.165) is 5.56 Å². The average molecular weight is 292 g/mol.